The number of benzene rings is 1. The van der Waals surface area contributed by atoms with Crippen LogP contribution in [0.25, 0.3) is 11.1 Å². The maximum Gasteiger partial charge on any atom is 0.273 e. The Morgan fingerprint density at radius 1 is 1.02 bits per heavy atom. The standard InChI is InChI=1S/C35H41N11O5/c1-6-26-31-22(16-37-46(31)20-17-45(18-20)35(50,51)27-12-8-11-24(39-27)34(49)43(3)4)21-9-7-10-23(30(21)44(26)5)38-25-15-28(40-32(47)19-13-14-19)41-42-29(25)33(48)36-2/h7-12,15-16,19-20,26,50-51H,6,13-14,17-18H2,1-5H3,(H,36,48)(H2,38,40,41,47). The lowest BCUT2D eigenvalue weighted by Gasteiger charge is -2.47. The van der Waals surface area contributed by atoms with E-state index in [-0.39, 0.29) is 52.7 Å². The summed E-state index contributed by atoms with van der Waals surface area (Å²) in [7, 11) is 6.75. The number of para-hydroxylation sites is 1. The van der Waals surface area contributed by atoms with Gasteiger partial charge in [-0.1, -0.05) is 25.1 Å². The van der Waals surface area contributed by atoms with Crippen molar-refractivity contribution in [2.45, 2.75) is 44.2 Å². The topological polar surface area (TPSA) is 194 Å². The lowest BCUT2D eigenvalue weighted by Crippen LogP contribution is -2.59. The molecular formula is C35H41N11O5. The van der Waals surface area contributed by atoms with Crippen molar-refractivity contribution in [2.24, 2.45) is 5.92 Å². The Morgan fingerprint density at radius 3 is 2.45 bits per heavy atom. The van der Waals surface area contributed by atoms with Crippen LogP contribution in [-0.2, 0) is 10.7 Å². The molecule has 2 aliphatic heterocycles. The Kier molecular flexibility index (Phi) is 8.69. The van der Waals surface area contributed by atoms with Crippen LogP contribution in [0.3, 0.4) is 0 Å². The van der Waals surface area contributed by atoms with Crippen LogP contribution in [-0.4, -0.2) is 104 Å². The van der Waals surface area contributed by atoms with Crippen molar-refractivity contribution < 1.29 is 24.6 Å². The molecule has 0 spiro atoms. The van der Waals surface area contributed by atoms with Gasteiger partial charge in [-0.05, 0) is 37.5 Å². The number of anilines is 4. The van der Waals surface area contributed by atoms with E-state index in [1.807, 2.05) is 36.1 Å². The smallest absolute Gasteiger partial charge is 0.273 e. The number of fused-ring (bicyclic) bond motifs is 3. The van der Waals surface area contributed by atoms with E-state index in [0.717, 1.165) is 47.5 Å². The Morgan fingerprint density at radius 2 is 1.76 bits per heavy atom. The summed E-state index contributed by atoms with van der Waals surface area (Å²) in [6.45, 7) is 2.68. The average Bonchev–Trinajstić information content (AvgIpc) is 3.87. The zero-order valence-corrected chi connectivity index (χ0v) is 29.1. The number of hydrogen-bond acceptors (Lipinski definition) is 12. The van der Waals surface area contributed by atoms with Crippen molar-refractivity contribution in [1.29, 1.82) is 0 Å². The predicted molar refractivity (Wildman–Crippen MR) is 188 cm³/mol. The quantitative estimate of drug-likeness (QED) is 0.152. The van der Waals surface area contributed by atoms with Gasteiger partial charge in [-0.25, -0.2) is 9.88 Å². The van der Waals surface area contributed by atoms with Crippen LogP contribution in [0, 0.1) is 5.92 Å². The fourth-order valence-electron chi connectivity index (χ4n) is 6.80. The van der Waals surface area contributed by atoms with Crippen LogP contribution in [0.4, 0.5) is 22.9 Å². The molecule has 3 amide bonds. The summed E-state index contributed by atoms with van der Waals surface area (Å²) in [6, 6.07) is 11.9. The first-order valence-corrected chi connectivity index (χ1v) is 16.9. The third kappa shape index (κ3) is 6.04. The minimum atomic E-state index is -2.38. The average molecular weight is 696 g/mol. The number of hydrogen-bond donors (Lipinski definition) is 5. The van der Waals surface area contributed by atoms with E-state index in [1.165, 1.54) is 22.9 Å². The molecular weight excluding hydrogens is 654 g/mol. The van der Waals surface area contributed by atoms with E-state index in [1.54, 1.807) is 32.3 Å². The molecule has 266 valence electrons. The number of carbonyl (C=O) groups excluding carboxylic acids is 3. The van der Waals surface area contributed by atoms with Gasteiger partial charge in [0.1, 0.15) is 11.4 Å². The molecule has 3 aliphatic rings. The van der Waals surface area contributed by atoms with Crippen LogP contribution in [0.2, 0.25) is 0 Å². The van der Waals surface area contributed by atoms with E-state index >= 15 is 0 Å². The lowest BCUT2D eigenvalue weighted by molar-refractivity contribution is -0.302. The number of likely N-dealkylation sites (tertiary alicyclic amines) is 1. The minimum Gasteiger partial charge on any atom is -0.364 e. The number of aliphatic hydroxyl groups is 2. The summed E-state index contributed by atoms with van der Waals surface area (Å²) < 4.78 is 1.97. The molecule has 1 unspecified atom stereocenters. The molecule has 16 nitrogen and oxygen atoms in total. The van der Waals surface area contributed by atoms with Crippen LogP contribution in [0.15, 0.2) is 48.7 Å². The second kappa shape index (κ2) is 13.0. The fraction of sp³-hybridized carbons (Fsp3) is 0.400. The Hall–Kier alpha value is -5.45. The normalized spacial score (nSPS) is 17.2. The number of nitrogens with zero attached hydrogens (tertiary/aromatic N) is 8. The van der Waals surface area contributed by atoms with E-state index in [2.05, 4.69) is 43.0 Å². The van der Waals surface area contributed by atoms with Gasteiger partial charge in [0.05, 0.1) is 41.0 Å². The zero-order valence-electron chi connectivity index (χ0n) is 29.1. The second-order valence-electron chi connectivity index (χ2n) is 13.4. The summed E-state index contributed by atoms with van der Waals surface area (Å²) in [5.41, 5.74) is 5.09. The summed E-state index contributed by atoms with van der Waals surface area (Å²) in [5.74, 6) is -3.02. The first kappa shape index (κ1) is 34.0. The van der Waals surface area contributed by atoms with Gasteiger partial charge in [0.2, 0.25) is 5.91 Å². The highest BCUT2D eigenvalue weighted by Gasteiger charge is 2.46. The monoisotopic (exact) mass is 695 g/mol. The molecule has 7 rings (SSSR count). The van der Waals surface area contributed by atoms with Crippen LogP contribution < -0.4 is 20.9 Å². The number of aromatic nitrogens is 5. The minimum absolute atomic E-state index is 0.0235. The SMILES string of the molecule is CCC1c2c(cnn2C2CN(C(O)(O)c3cccc(C(=O)N(C)C)n3)C2)-c2cccc(Nc3cc(NC(=O)C4CC4)nnc3C(=O)NC)c2N1C. The highest BCUT2D eigenvalue weighted by atomic mass is 16.5. The van der Waals surface area contributed by atoms with Crippen molar-refractivity contribution in [1.82, 2.24) is 40.1 Å². The second-order valence-corrected chi connectivity index (χ2v) is 13.4. The number of pyridine rings is 1. The van der Waals surface area contributed by atoms with Gasteiger partial charge in [-0.3, -0.25) is 19.1 Å². The number of amides is 3. The summed E-state index contributed by atoms with van der Waals surface area (Å²) >= 11 is 0. The summed E-state index contributed by atoms with van der Waals surface area (Å²) in [6.07, 6.45) is 4.27. The molecule has 51 heavy (non-hydrogen) atoms. The van der Waals surface area contributed by atoms with Gasteiger partial charge in [0.25, 0.3) is 17.7 Å². The molecule has 1 saturated carbocycles. The van der Waals surface area contributed by atoms with Crippen molar-refractivity contribution in [3.8, 4) is 11.1 Å². The molecule has 0 bridgehead atoms. The van der Waals surface area contributed by atoms with Crippen LogP contribution in [0.5, 0.6) is 0 Å². The van der Waals surface area contributed by atoms with E-state index in [4.69, 9.17) is 5.10 Å². The zero-order chi connectivity index (χ0) is 36.2. The number of rotatable bonds is 10. The summed E-state index contributed by atoms with van der Waals surface area (Å²) in [5, 5.41) is 44.2. The fourth-order valence-corrected chi connectivity index (χ4v) is 6.80. The number of carbonyl (C=O) groups is 3. The van der Waals surface area contributed by atoms with E-state index in [9.17, 15) is 24.6 Å². The first-order chi connectivity index (χ1) is 24.4. The molecule has 1 aliphatic carbocycles. The number of nitrogens with one attached hydrogen (secondary N) is 3. The Bertz CT molecular complexity index is 2020. The van der Waals surface area contributed by atoms with Gasteiger partial charge >= 0.3 is 0 Å². The molecule has 1 aromatic carbocycles. The van der Waals surface area contributed by atoms with Crippen LogP contribution >= 0.6 is 0 Å². The van der Waals surface area contributed by atoms with Gasteiger partial charge in [-0.15, -0.1) is 10.2 Å². The molecule has 5 heterocycles. The van der Waals surface area contributed by atoms with Gasteiger partial charge < -0.3 is 36.0 Å². The third-order valence-corrected chi connectivity index (χ3v) is 9.75. The molecule has 5 N–H and O–H groups in total. The Labute approximate surface area is 294 Å². The predicted octanol–water partition coefficient (Wildman–Crippen LogP) is 2.44. The molecule has 2 fully saturated rings. The highest BCUT2D eigenvalue weighted by Crippen LogP contribution is 2.50. The maximum atomic E-state index is 12.8. The van der Waals surface area contributed by atoms with E-state index in [0.29, 0.717) is 18.8 Å². The van der Waals surface area contributed by atoms with Gasteiger partial charge in [0, 0.05) is 64.4 Å². The Balaban J connectivity index is 1.17. The van der Waals surface area contributed by atoms with Crippen molar-refractivity contribution in [3.63, 3.8) is 0 Å². The van der Waals surface area contributed by atoms with Crippen LogP contribution in [0.1, 0.15) is 70.6 Å². The van der Waals surface area contributed by atoms with Gasteiger partial charge in [-0.2, -0.15) is 5.10 Å². The van der Waals surface area contributed by atoms with Gasteiger partial charge in [0.15, 0.2) is 11.5 Å². The largest absolute Gasteiger partial charge is 0.364 e. The molecule has 0 radical (unpaired) electrons. The van der Waals surface area contributed by atoms with Crippen molar-refractivity contribution in [3.05, 3.63) is 71.4 Å². The highest BCUT2D eigenvalue weighted by molar-refractivity contribution is 6.01. The molecule has 1 saturated heterocycles. The molecule has 16 heteroatoms. The maximum absolute atomic E-state index is 12.8. The lowest BCUT2D eigenvalue weighted by atomic mass is 9.91. The van der Waals surface area contributed by atoms with Crippen molar-refractivity contribution in [2.75, 3.05) is 56.8 Å². The molecule has 1 atom stereocenters. The molecule has 3 aromatic heterocycles. The van der Waals surface area contributed by atoms with E-state index < -0.39 is 11.8 Å². The first-order valence-electron chi connectivity index (χ1n) is 16.9. The molecule has 4 aromatic rings. The van der Waals surface area contributed by atoms with Crippen molar-refractivity contribution >= 4 is 40.6 Å². The third-order valence-electron chi connectivity index (χ3n) is 9.75. The summed E-state index contributed by atoms with van der Waals surface area (Å²) in [4.78, 5) is 47.1.